The minimum atomic E-state index is -2.50. The molecule has 0 heterocycles. The van der Waals surface area contributed by atoms with E-state index in [2.05, 4.69) is 10.6 Å². The van der Waals surface area contributed by atoms with E-state index in [1.165, 1.54) is 6.07 Å². The van der Waals surface area contributed by atoms with Crippen LogP contribution in [0.25, 0.3) is 0 Å². The highest BCUT2D eigenvalue weighted by Crippen LogP contribution is 2.39. The first-order chi connectivity index (χ1) is 10.8. The molecule has 1 unspecified atom stereocenters. The highest BCUT2D eigenvalue weighted by atomic mass is 32.2. The molecular formula is C15H19F3N2O2S. The predicted molar refractivity (Wildman–Crippen MR) is 83.5 cm³/mol. The summed E-state index contributed by atoms with van der Waals surface area (Å²) in [4.78, 5) is 12.5. The van der Waals surface area contributed by atoms with Gasteiger partial charge >= 0.3 is 6.03 Å². The quantitative estimate of drug-likeness (QED) is 0.661. The summed E-state index contributed by atoms with van der Waals surface area (Å²) in [5, 5.41) is 14.6. The van der Waals surface area contributed by atoms with Crippen molar-refractivity contribution in [2.24, 2.45) is 5.92 Å². The van der Waals surface area contributed by atoms with Gasteiger partial charge in [0, 0.05) is 4.90 Å². The molecule has 1 aromatic carbocycles. The number of anilines is 1. The monoisotopic (exact) mass is 348 g/mol. The molecule has 1 aromatic rings. The third kappa shape index (κ3) is 5.04. The Labute approximate surface area is 136 Å². The lowest BCUT2D eigenvalue weighted by molar-refractivity contribution is 0.159. The van der Waals surface area contributed by atoms with Crippen LogP contribution in [0.3, 0.4) is 0 Å². The van der Waals surface area contributed by atoms with Crippen molar-refractivity contribution in [3.05, 3.63) is 24.0 Å². The largest absolute Gasteiger partial charge is 0.394 e. The van der Waals surface area contributed by atoms with Crippen LogP contribution in [-0.2, 0) is 0 Å². The second kappa shape index (κ2) is 7.44. The van der Waals surface area contributed by atoms with Crippen LogP contribution in [0.4, 0.5) is 23.7 Å². The summed E-state index contributed by atoms with van der Waals surface area (Å²) in [7, 11) is 0. The number of carbonyl (C=O) groups is 1. The maximum Gasteiger partial charge on any atom is 0.319 e. The summed E-state index contributed by atoms with van der Waals surface area (Å²) in [6, 6.07) is 2.99. The number of carbonyl (C=O) groups excluding carboxylic acids is 1. The Morgan fingerprint density at radius 2 is 2.17 bits per heavy atom. The highest BCUT2D eigenvalue weighted by Gasteiger charge is 2.42. The molecule has 0 bridgehead atoms. The van der Waals surface area contributed by atoms with Crippen LogP contribution in [0, 0.1) is 11.7 Å². The average molecular weight is 348 g/mol. The number of benzene rings is 1. The molecule has 0 aromatic heterocycles. The maximum absolute atomic E-state index is 13.4. The number of urea groups is 1. The lowest BCUT2D eigenvalue weighted by Gasteiger charge is -2.29. The third-order valence-corrected chi connectivity index (χ3v) is 4.85. The van der Waals surface area contributed by atoms with Gasteiger partial charge in [0.15, 0.2) is 0 Å². The Hall–Kier alpha value is -1.41. The number of thioether (sulfide) groups is 1. The molecule has 0 aliphatic heterocycles. The summed E-state index contributed by atoms with van der Waals surface area (Å²) in [5.41, 5.74) is -0.613. The van der Waals surface area contributed by atoms with Crippen LogP contribution in [0.5, 0.6) is 0 Å². The molecule has 128 valence electrons. The fourth-order valence-electron chi connectivity index (χ4n) is 2.28. The van der Waals surface area contributed by atoms with Crippen molar-refractivity contribution in [1.82, 2.24) is 5.32 Å². The highest BCUT2D eigenvalue weighted by molar-refractivity contribution is 7.99. The summed E-state index contributed by atoms with van der Waals surface area (Å²) in [6.07, 6.45) is -0.654. The maximum atomic E-state index is 13.4. The summed E-state index contributed by atoms with van der Waals surface area (Å²) < 4.78 is 38.0. The fraction of sp³-hybridized carbons (Fsp3) is 0.533. The number of alkyl halides is 2. The summed E-state index contributed by atoms with van der Waals surface area (Å²) >= 11 is 0.840. The lowest BCUT2D eigenvalue weighted by Crippen LogP contribution is -2.52. The van der Waals surface area contributed by atoms with Crippen molar-refractivity contribution in [2.45, 2.75) is 36.6 Å². The molecule has 1 aliphatic carbocycles. The number of hydrogen-bond acceptors (Lipinski definition) is 3. The van der Waals surface area contributed by atoms with Gasteiger partial charge in [-0.05, 0) is 43.9 Å². The second-order valence-electron chi connectivity index (χ2n) is 5.77. The van der Waals surface area contributed by atoms with Crippen LogP contribution in [0.15, 0.2) is 23.1 Å². The van der Waals surface area contributed by atoms with E-state index < -0.39 is 29.6 Å². The molecule has 0 radical (unpaired) electrons. The van der Waals surface area contributed by atoms with E-state index in [4.69, 9.17) is 0 Å². The Kier molecular flexibility index (Phi) is 5.80. The smallest absolute Gasteiger partial charge is 0.319 e. The minimum Gasteiger partial charge on any atom is -0.394 e. The average Bonchev–Trinajstić information content (AvgIpc) is 3.31. The molecule has 23 heavy (non-hydrogen) atoms. The first-order valence-electron chi connectivity index (χ1n) is 7.24. The number of nitrogens with one attached hydrogen (secondary N) is 2. The molecule has 0 saturated heterocycles. The molecule has 3 N–H and O–H groups in total. The number of halogens is 3. The van der Waals surface area contributed by atoms with Crippen molar-refractivity contribution >= 4 is 23.5 Å². The van der Waals surface area contributed by atoms with Crippen LogP contribution in [-0.4, -0.2) is 35.5 Å². The van der Waals surface area contributed by atoms with Crippen molar-refractivity contribution in [3.63, 3.8) is 0 Å². The molecule has 1 fully saturated rings. The number of amides is 2. The van der Waals surface area contributed by atoms with Crippen molar-refractivity contribution < 1.29 is 23.1 Å². The minimum absolute atomic E-state index is 0.129. The van der Waals surface area contributed by atoms with Crippen molar-refractivity contribution in [3.8, 4) is 0 Å². The van der Waals surface area contributed by atoms with Gasteiger partial charge in [-0.2, -0.15) is 0 Å². The van der Waals surface area contributed by atoms with Gasteiger partial charge in [-0.1, -0.05) is 0 Å². The zero-order valence-electron chi connectivity index (χ0n) is 12.6. The van der Waals surface area contributed by atoms with E-state index in [0.717, 1.165) is 36.7 Å². The number of aliphatic hydroxyl groups is 1. The molecule has 2 rings (SSSR count). The summed E-state index contributed by atoms with van der Waals surface area (Å²) in [5.74, 6) is -0.814. The van der Waals surface area contributed by atoms with Crippen LogP contribution in [0.1, 0.15) is 19.8 Å². The van der Waals surface area contributed by atoms with Gasteiger partial charge in [0.2, 0.25) is 6.43 Å². The molecule has 1 aliphatic rings. The van der Waals surface area contributed by atoms with Crippen molar-refractivity contribution in [2.75, 3.05) is 17.7 Å². The Bertz CT molecular complexity index is 570. The van der Waals surface area contributed by atoms with E-state index in [1.54, 1.807) is 6.92 Å². The second-order valence-corrected chi connectivity index (χ2v) is 6.83. The van der Waals surface area contributed by atoms with Gasteiger partial charge in [-0.3, -0.25) is 0 Å². The van der Waals surface area contributed by atoms with E-state index in [1.807, 2.05) is 0 Å². The van der Waals surface area contributed by atoms with E-state index in [0.29, 0.717) is 4.90 Å². The van der Waals surface area contributed by atoms with Crippen LogP contribution in [0.2, 0.25) is 0 Å². The molecule has 0 spiro atoms. The first kappa shape index (κ1) is 17.9. The van der Waals surface area contributed by atoms with Gasteiger partial charge < -0.3 is 15.7 Å². The standard InChI is InChI=1S/C15H19F3N2O2S/c1-15(8-21,9-2-3-9)20-14(22)19-11-6-10(16)4-5-12(11)23-7-13(17)18/h4-6,9,13,21H,2-3,7-8H2,1H3,(H2,19,20,22). The zero-order chi connectivity index (χ0) is 17.0. The SMILES string of the molecule is CC(CO)(NC(=O)Nc1cc(F)ccc1SCC(F)F)C1CC1. The number of aliphatic hydroxyl groups excluding tert-OH is 1. The number of hydrogen-bond donors (Lipinski definition) is 3. The van der Waals surface area contributed by atoms with Gasteiger partial charge in [0.25, 0.3) is 0 Å². The lowest BCUT2D eigenvalue weighted by atomic mass is 9.97. The molecule has 1 atom stereocenters. The van der Waals surface area contributed by atoms with Crippen molar-refractivity contribution in [1.29, 1.82) is 0 Å². The summed E-state index contributed by atoms with van der Waals surface area (Å²) in [6.45, 7) is 1.53. The first-order valence-corrected chi connectivity index (χ1v) is 8.23. The Morgan fingerprint density at radius 3 is 2.74 bits per heavy atom. The van der Waals surface area contributed by atoms with Gasteiger partial charge in [-0.25, -0.2) is 18.0 Å². The molecule has 4 nitrogen and oxygen atoms in total. The predicted octanol–water partition coefficient (Wildman–Crippen LogP) is 3.47. The van der Waals surface area contributed by atoms with Crippen LogP contribution < -0.4 is 10.6 Å². The molecule has 2 amide bonds. The van der Waals surface area contributed by atoms with E-state index >= 15 is 0 Å². The van der Waals surface area contributed by atoms with E-state index in [-0.39, 0.29) is 18.2 Å². The molecular weight excluding hydrogens is 329 g/mol. The third-order valence-electron chi connectivity index (χ3n) is 3.76. The van der Waals surface area contributed by atoms with Gasteiger partial charge in [0.1, 0.15) is 5.82 Å². The molecule has 1 saturated carbocycles. The normalized spacial score (nSPS) is 17.0. The van der Waals surface area contributed by atoms with Crippen LogP contribution >= 0.6 is 11.8 Å². The Balaban J connectivity index is 2.05. The van der Waals surface area contributed by atoms with Gasteiger partial charge in [-0.15, -0.1) is 11.8 Å². The number of rotatable bonds is 7. The van der Waals surface area contributed by atoms with E-state index in [9.17, 15) is 23.1 Å². The fourth-order valence-corrected chi connectivity index (χ4v) is 3.02. The zero-order valence-corrected chi connectivity index (χ0v) is 13.4. The molecule has 8 heteroatoms. The Morgan fingerprint density at radius 1 is 1.48 bits per heavy atom. The topological polar surface area (TPSA) is 61.4 Å². The van der Waals surface area contributed by atoms with Gasteiger partial charge in [0.05, 0.1) is 23.6 Å².